The molecule has 0 spiro atoms. The zero-order valence-electron chi connectivity index (χ0n) is 17.8. The van der Waals surface area contributed by atoms with Crippen molar-refractivity contribution in [2.75, 3.05) is 20.1 Å². The van der Waals surface area contributed by atoms with Gasteiger partial charge in [-0.3, -0.25) is 9.78 Å². The first-order chi connectivity index (χ1) is 14.5. The van der Waals surface area contributed by atoms with Crippen molar-refractivity contribution in [1.82, 2.24) is 19.3 Å². The Kier molecular flexibility index (Phi) is 4.63. The lowest BCUT2D eigenvalue weighted by Crippen LogP contribution is -2.23. The molecule has 0 amide bonds. The van der Waals surface area contributed by atoms with Gasteiger partial charge in [0.2, 0.25) is 0 Å². The van der Waals surface area contributed by atoms with Gasteiger partial charge >= 0.3 is 0 Å². The van der Waals surface area contributed by atoms with Crippen LogP contribution in [0.2, 0.25) is 0 Å². The van der Waals surface area contributed by atoms with Gasteiger partial charge in [-0.2, -0.15) is 0 Å². The number of rotatable bonds is 2. The average Bonchev–Trinajstić information content (AvgIpc) is 3.08. The summed E-state index contributed by atoms with van der Waals surface area (Å²) in [5.74, 6) is 0.212. The molecular formula is C25H26N4O. The number of aryl methyl sites for hydroxylation is 2. The molecule has 0 saturated carbocycles. The van der Waals surface area contributed by atoms with E-state index in [0.29, 0.717) is 12.8 Å². The van der Waals surface area contributed by atoms with Gasteiger partial charge in [0.15, 0.2) is 11.4 Å². The molecule has 3 aromatic rings. The zero-order valence-corrected chi connectivity index (χ0v) is 17.8. The lowest BCUT2D eigenvalue weighted by atomic mass is 9.94. The topological polar surface area (TPSA) is 50.5 Å². The van der Waals surface area contributed by atoms with E-state index in [1.54, 1.807) is 0 Å². The molecule has 0 unspecified atom stereocenters. The summed E-state index contributed by atoms with van der Waals surface area (Å²) in [5, 5.41) is 0. The first kappa shape index (κ1) is 18.9. The Balaban J connectivity index is 1.55. The second-order valence-corrected chi connectivity index (χ2v) is 8.46. The molecule has 2 aromatic heterocycles. The van der Waals surface area contributed by atoms with Gasteiger partial charge in [0.25, 0.3) is 0 Å². The summed E-state index contributed by atoms with van der Waals surface area (Å²) in [7, 11) is 2.14. The highest BCUT2D eigenvalue weighted by Crippen LogP contribution is 2.32. The molecule has 0 saturated heterocycles. The van der Waals surface area contributed by atoms with E-state index in [-0.39, 0.29) is 5.78 Å². The van der Waals surface area contributed by atoms with Crippen molar-refractivity contribution in [1.29, 1.82) is 0 Å². The van der Waals surface area contributed by atoms with Crippen LogP contribution < -0.4 is 0 Å². The zero-order chi connectivity index (χ0) is 20.8. The number of hydrogen-bond donors (Lipinski definition) is 0. The number of hydrogen-bond acceptors (Lipinski definition) is 4. The van der Waals surface area contributed by atoms with Gasteiger partial charge in [0, 0.05) is 37.5 Å². The molecule has 0 N–H and O–H groups in total. The van der Waals surface area contributed by atoms with Gasteiger partial charge in [0.05, 0.1) is 17.1 Å². The number of Topliss-reactive ketones (excluding diaryl/α,β-unsaturated/α-hetero) is 1. The summed E-state index contributed by atoms with van der Waals surface area (Å²) < 4.78 is 2.04. The monoisotopic (exact) mass is 398 g/mol. The van der Waals surface area contributed by atoms with Crippen LogP contribution in [0.25, 0.3) is 22.9 Å². The predicted octanol–water partition coefficient (Wildman–Crippen LogP) is 4.58. The second kappa shape index (κ2) is 7.33. The summed E-state index contributed by atoms with van der Waals surface area (Å²) >= 11 is 0. The number of ketones is 1. The van der Waals surface area contributed by atoms with Crippen LogP contribution in [0.4, 0.5) is 0 Å². The van der Waals surface area contributed by atoms with E-state index in [0.717, 1.165) is 58.9 Å². The van der Waals surface area contributed by atoms with E-state index in [9.17, 15) is 4.79 Å². The third-order valence-corrected chi connectivity index (χ3v) is 6.14. The van der Waals surface area contributed by atoms with E-state index in [2.05, 4.69) is 53.5 Å². The van der Waals surface area contributed by atoms with Crippen LogP contribution in [-0.4, -0.2) is 45.2 Å². The number of carbonyl (C=O) groups is 1. The minimum Gasteiger partial charge on any atom is -0.303 e. The quantitative estimate of drug-likeness (QED) is 0.634. The fraction of sp³-hybridized carbons (Fsp3) is 0.320. The van der Waals surface area contributed by atoms with E-state index >= 15 is 0 Å². The lowest BCUT2D eigenvalue weighted by molar-refractivity contribution is 0.0984. The Morgan fingerprint density at radius 3 is 2.67 bits per heavy atom. The molecule has 2 aliphatic rings. The Labute approximate surface area is 176 Å². The lowest BCUT2D eigenvalue weighted by Gasteiger charge is -2.22. The number of fused-ring (bicyclic) bond motifs is 2. The van der Waals surface area contributed by atoms with Crippen molar-refractivity contribution < 1.29 is 4.79 Å². The molecule has 1 aliphatic heterocycles. The Hall–Kier alpha value is -3.05. The number of likely N-dealkylation sites (N-methyl/N-ethyl adjacent to an activating group) is 1. The molecule has 3 heterocycles. The third kappa shape index (κ3) is 3.39. The van der Waals surface area contributed by atoms with Gasteiger partial charge in [-0.05, 0) is 68.2 Å². The van der Waals surface area contributed by atoms with Crippen molar-refractivity contribution >= 4 is 28.7 Å². The molecule has 0 bridgehead atoms. The SMILES string of the molecule is Cc1cn2cc(C3=Cc4ccc(C5=CCN(C)CC5)cc4C(=O)CC3)nc2c(C)n1. The number of nitrogens with zero attached hydrogens (tertiary/aromatic N) is 4. The van der Waals surface area contributed by atoms with Crippen molar-refractivity contribution in [3.05, 3.63) is 70.4 Å². The normalized spacial score (nSPS) is 17.5. The first-order valence-electron chi connectivity index (χ1n) is 10.6. The molecule has 1 aromatic carbocycles. The maximum atomic E-state index is 12.9. The van der Waals surface area contributed by atoms with Crippen LogP contribution in [-0.2, 0) is 0 Å². The fourth-order valence-corrected chi connectivity index (χ4v) is 4.46. The van der Waals surface area contributed by atoms with Crippen LogP contribution in [0.1, 0.15) is 57.8 Å². The second-order valence-electron chi connectivity index (χ2n) is 8.46. The van der Waals surface area contributed by atoms with Gasteiger partial charge in [-0.15, -0.1) is 0 Å². The van der Waals surface area contributed by atoms with E-state index in [1.807, 2.05) is 24.4 Å². The Morgan fingerprint density at radius 2 is 1.87 bits per heavy atom. The molecular weight excluding hydrogens is 372 g/mol. The van der Waals surface area contributed by atoms with Gasteiger partial charge in [-0.25, -0.2) is 4.98 Å². The van der Waals surface area contributed by atoms with Crippen LogP contribution >= 0.6 is 0 Å². The Morgan fingerprint density at radius 1 is 1.00 bits per heavy atom. The Bertz CT molecular complexity index is 1230. The van der Waals surface area contributed by atoms with Crippen LogP contribution in [0.3, 0.4) is 0 Å². The molecule has 1 aliphatic carbocycles. The van der Waals surface area contributed by atoms with Crippen LogP contribution in [0.15, 0.2) is 36.7 Å². The standard InChI is InChI=1S/C25H26N4O/c1-16-14-29-15-23(27-25(29)17(2)26-16)21-6-7-24(30)22-13-19(4-5-20(22)12-21)18-8-10-28(3)11-9-18/h4-5,8,12-15H,6-7,9-11H2,1-3H3. The highest BCUT2D eigenvalue weighted by Gasteiger charge is 2.20. The van der Waals surface area contributed by atoms with E-state index in [1.165, 1.54) is 11.1 Å². The molecule has 0 fully saturated rings. The fourth-order valence-electron chi connectivity index (χ4n) is 4.46. The summed E-state index contributed by atoms with van der Waals surface area (Å²) in [6.45, 7) is 6.00. The first-order valence-corrected chi connectivity index (χ1v) is 10.6. The number of benzene rings is 1. The van der Waals surface area contributed by atoms with Gasteiger partial charge < -0.3 is 9.30 Å². The molecule has 5 heteroatoms. The van der Waals surface area contributed by atoms with Crippen LogP contribution in [0.5, 0.6) is 0 Å². The van der Waals surface area contributed by atoms with E-state index in [4.69, 9.17) is 4.98 Å². The molecule has 5 rings (SSSR count). The largest absolute Gasteiger partial charge is 0.303 e. The van der Waals surface area contributed by atoms with Crippen molar-refractivity contribution in [2.45, 2.75) is 33.1 Å². The maximum absolute atomic E-state index is 12.9. The number of aromatic nitrogens is 3. The summed E-state index contributed by atoms with van der Waals surface area (Å²) in [6.07, 6.45) is 10.7. The summed E-state index contributed by atoms with van der Waals surface area (Å²) in [6, 6.07) is 6.35. The van der Waals surface area contributed by atoms with Crippen molar-refractivity contribution in [2.24, 2.45) is 0 Å². The van der Waals surface area contributed by atoms with Gasteiger partial charge in [0.1, 0.15) is 0 Å². The van der Waals surface area contributed by atoms with E-state index < -0.39 is 0 Å². The molecule has 0 radical (unpaired) electrons. The van der Waals surface area contributed by atoms with Crippen LogP contribution in [0, 0.1) is 13.8 Å². The van der Waals surface area contributed by atoms with Crippen molar-refractivity contribution in [3.8, 4) is 0 Å². The predicted molar refractivity (Wildman–Crippen MR) is 120 cm³/mol. The molecule has 5 nitrogen and oxygen atoms in total. The molecule has 152 valence electrons. The number of allylic oxidation sites excluding steroid dienone is 1. The van der Waals surface area contributed by atoms with Gasteiger partial charge in [-0.1, -0.05) is 18.2 Å². The summed E-state index contributed by atoms with van der Waals surface area (Å²) in [4.78, 5) is 24.6. The number of carbonyl (C=O) groups excluding carboxylic acids is 1. The highest BCUT2D eigenvalue weighted by molar-refractivity contribution is 6.04. The average molecular weight is 399 g/mol. The minimum atomic E-state index is 0.212. The highest BCUT2D eigenvalue weighted by atomic mass is 16.1. The molecule has 30 heavy (non-hydrogen) atoms. The molecule has 0 atom stereocenters. The maximum Gasteiger partial charge on any atom is 0.163 e. The minimum absolute atomic E-state index is 0.212. The smallest absolute Gasteiger partial charge is 0.163 e. The third-order valence-electron chi connectivity index (χ3n) is 6.14. The van der Waals surface area contributed by atoms with Crippen molar-refractivity contribution in [3.63, 3.8) is 0 Å². The summed E-state index contributed by atoms with van der Waals surface area (Å²) in [5.41, 5.74) is 9.14. The number of imidazole rings is 1.